The number of aromatic nitrogens is 1. The van der Waals surface area contributed by atoms with Gasteiger partial charge >= 0.3 is 5.97 Å². The monoisotopic (exact) mass is 425 g/mol. The maximum atomic E-state index is 13.3. The number of carbonyl (C=O) groups is 2. The minimum atomic E-state index is -1.31. The largest absolute Gasteiger partial charge is 0.491 e. The fourth-order valence-electron chi connectivity index (χ4n) is 4.05. The molecule has 2 unspecified atom stereocenters. The Morgan fingerprint density at radius 3 is 2.55 bits per heavy atom. The van der Waals surface area contributed by atoms with Crippen molar-refractivity contribution in [3.05, 3.63) is 64.3 Å². The van der Waals surface area contributed by atoms with E-state index in [1.807, 2.05) is 13.8 Å². The van der Waals surface area contributed by atoms with Gasteiger partial charge in [0.05, 0.1) is 17.7 Å². The number of hydrogen-bond acceptors (Lipinski definition) is 6. The van der Waals surface area contributed by atoms with E-state index in [2.05, 4.69) is 4.98 Å². The molecule has 0 amide bonds. The highest BCUT2D eigenvalue weighted by atomic mass is 16.5. The van der Waals surface area contributed by atoms with Gasteiger partial charge in [-0.1, -0.05) is 19.9 Å². The molecule has 2 aromatic carbocycles. The lowest BCUT2D eigenvalue weighted by Gasteiger charge is -2.32. The Morgan fingerprint density at radius 1 is 1.13 bits per heavy atom. The van der Waals surface area contributed by atoms with Gasteiger partial charge in [0.2, 0.25) is 0 Å². The SMILES string of the molecule is CC1(C)c2cc(OCC(O)C(O)CO)ccc2C(=O)c2c1[nH]c1cc(C(=O)O)ccc21. The second-order valence-corrected chi connectivity index (χ2v) is 8.23. The van der Waals surface area contributed by atoms with Crippen LogP contribution in [0.4, 0.5) is 0 Å². The van der Waals surface area contributed by atoms with Gasteiger partial charge in [-0.05, 0) is 35.9 Å². The number of fused-ring (bicyclic) bond motifs is 4. The zero-order valence-corrected chi connectivity index (χ0v) is 17.0. The summed E-state index contributed by atoms with van der Waals surface area (Å²) < 4.78 is 5.57. The lowest BCUT2D eigenvalue weighted by Crippen LogP contribution is -2.34. The van der Waals surface area contributed by atoms with Crippen molar-refractivity contribution in [2.24, 2.45) is 0 Å². The molecule has 8 heteroatoms. The van der Waals surface area contributed by atoms with Gasteiger partial charge in [-0.2, -0.15) is 0 Å². The van der Waals surface area contributed by atoms with E-state index in [1.165, 1.54) is 12.1 Å². The van der Waals surface area contributed by atoms with Crippen molar-refractivity contribution >= 4 is 22.7 Å². The minimum absolute atomic E-state index is 0.133. The fourth-order valence-corrected chi connectivity index (χ4v) is 4.05. The first-order valence-electron chi connectivity index (χ1n) is 9.83. The lowest BCUT2D eigenvalue weighted by molar-refractivity contribution is -0.0339. The van der Waals surface area contributed by atoms with Crippen LogP contribution in [0.2, 0.25) is 0 Å². The van der Waals surface area contributed by atoms with Gasteiger partial charge in [0.15, 0.2) is 5.78 Å². The van der Waals surface area contributed by atoms with Crippen LogP contribution in [0.5, 0.6) is 5.75 Å². The van der Waals surface area contributed by atoms with Gasteiger partial charge in [-0.3, -0.25) is 4.79 Å². The number of nitrogens with one attached hydrogen (secondary N) is 1. The van der Waals surface area contributed by atoms with E-state index >= 15 is 0 Å². The first kappa shape index (κ1) is 21.0. The first-order chi connectivity index (χ1) is 14.6. The average Bonchev–Trinajstić information content (AvgIpc) is 3.15. The molecule has 1 aromatic heterocycles. The third-order valence-electron chi connectivity index (χ3n) is 5.86. The van der Waals surface area contributed by atoms with Crippen LogP contribution < -0.4 is 4.74 Å². The molecule has 2 atom stereocenters. The summed E-state index contributed by atoms with van der Waals surface area (Å²) in [6.45, 7) is 3.12. The topological polar surface area (TPSA) is 140 Å². The summed E-state index contributed by atoms with van der Waals surface area (Å²) in [7, 11) is 0. The summed E-state index contributed by atoms with van der Waals surface area (Å²) in [5, 5.41) is 38.1. The van der Waals surface area contributed by atoms with Crippen LogP contribution in [0.3, 0.4) is 0 Å². The number of aromatic carboxylic acids is 1. The average molecular weight is 425 g/mol. The van der Waals surface area contributed by atoms with E-state index in [9.17, 15) is 24.9 Å². The third-order valence-corrected chi connectivity index (χ3v) is 5.86. The molecule has 0 spiro atoms. The molecule has 1 aliphatic rings. The summed E-state index contributed by atoms with van der Waals surface area (Å²) in [4.78, 5) is 27.9. The molecular formula is C23H23NO7. The molecule has 162 valence electrons. The fraction of sp³-hybridized carbons (Fsp3) is 0.304. The minimum Gasteiger partial charge on any atom is -0.491 e. The first-order valence-corrected chi connectivity index (χ1v) is 9.83. The molecule has 8 nitrogen and oxygen atoms in total. The molecule has 1 heterocycles. The van der Waals surface area contributed by atoms with Gasteiger partial charge < -0.3 is 30.1 Å². The number of carbonyl (C=O) groups excluding carboxylic acids is 1. The lowest BCUT2D eigenvalue weighted by atomic mass is 9.71. The predicted molar refractivity (Wildman–Crippen MR) is 112 cm³/mol. The van der Waals surface area contributed by atoms with Crippen molar-refractivity contribution in [1.82, 2.24) is 4.98 Å². The van der Waals surface area contributed by atoms with E-state index < -0.39 is 30.2 Å². The highest BCUT2D eigenvalue weighted by molar-refractivity contribution is 6.20. The van der Waals surface area contributed by atoms with E-state index in [1.54, 1.807) is 24.3 Å². The van der Waals surface area contributed by atoms with E-state index in [-0.39, 0.29) is 18.0 Å². The number of benzene rings is 2. The van der Waals surface area contributed by atoms with Gasteiger partial charge in [0, 0.05) is 27.6 Å². The molecule has 1 aliphatic carbocycles. The Hall–Kier alpha value is -3.20. The Bertz CT molecular complexity index is 1190. The number of ether oxygens (including phenoxy) is 1. The van der Waals surface area contributed by atoms with Gasteiger partial charge in [-0.25, -0.2) is 4.79 Å². The number of aromatic amines is 1. The molecular weight excluding hydrogens is 402 g/mol. The molecule has 0 fully saturated rings. The highest BCUT2D eigenvalue weighted by Crippen LogP contribution is 2.44. The molecule has 31 heavy (non-hydrogen) atoms. The predicted octanol–water partition coefficient (Wildman–Crippen LogP) is 1.83. The maximum absolute atomic E-state index is 13.3. The van der Waals surface area contributed by atoms with Crippen LogP contribution in [0.15, 0.2) is 36.4 Å². The molecule has 0 radical (unpaired) electrons. The number of rotatable bonds is 6. The zero-order valence-electron chi connectivity index (χ0n) is 17.0. The van der Waals surface area contributed by atoms with Gasteiger partial charge in [0.25, 0.3) is 0 Å². The van der Waals surface area contributed by atoms with Crippen molar-refractivity contribution in [3.63, 3.8) is 0 Å². The Morgan fingerprint density at radius 2 is 1.87 bits per heavy atom. The van der Waals surface area contributed by atoms with Crippen molar-refractivity contribution in [2.45, 2.75) is 31.5 Å². The van der Waals surface area contributed by atoms with Crippen LogP contribution in [0, 0.1) is 0 Å². The van der Waals surface area contributed by atoms with Crippen LogP contribution >= 0.6 is 0 Å². The van der Waals surface area contributed by atoms with E-state index in [0.29, 0.717) is 33.5 Å². The molecule has 4 rings (SSSR count). The Kier molecular flexibility index (Phi) is 5.09. The standard InChI is InChI=1S/C23H23NO7/c1-23(2)15-8-12(31-10-18(27)17(26)9-25)4-6-13(15)20(28)19-14-5-3-11(22(29)30)7-16(14)24-21(19)23/h3-8,17-18,24-27H,9-10H2,1-2H3,(H,29,30). The van der Waals surface area contributed by atoms with E-state index in [0.717, 1.165) is 5.56 Å². The number of aliphatic hydroxyl groups is 3. The van der Waals surface area contributed by atoms with Crippen molar-refractivity contribution in [3.8, 4) is 5.75 Å². The quantitative estimate of drug-likeness (QED) is 0.406. The van der Waals surface area contributed by atoms with Crippen molar-refractivity contribution < 1.29 is 34.8 Å². The number of carboxylic acid groups (broad SMARTS) is 1. The molecule has 0 bridgehead atoms. The second-order valence-electron chi connectivity index (χ2n) is 8.23. The molecule has 3 aromatic rings. The normalized spacial score (nSPS) is 16.5. The smallest absolute Gasteiger partial charge is 0.335 e. The summed E-state index contributed by atoms with van der Waals surface area (Å²) in [6.07, 6.45) is -2.56. The number of aliphatic hydroxyl groups excluding tert-OH is 3. The highest BCUT2D eigenvalue weighted by Gasteiger charge is 2.40. The van der Waals surface area contributed by atoms with Crippen molar-refractivity contribution in [1.29, 1.82) is 0 Å². The van der Waals surface area contributed by atoms with Crippen LogP contribution in [-0.4, -0.2) is 62.6 Å². The number of hydrogen-bond donors (Lipinski definition) is 5. The van der Waals surface area contributed by atoms with E-state index in [4.69, 9.17) is 9.84 Å². The summed E-state index contributed by atoms with van der Waals surface area (Å²) in [5.74, 6) is -0.795. The molecule has 0 saturated heterocycles. The molecule has 0 saturated carbocycles. The Labute approximate surface area is 177 Å². The second kappa shape index (κ2) is 7.49. The maximum Gasteiger partial charge on any atom is 0.335 e. The van der Waals surface area contributed by atoms with Crippen molar-refractivity contribution in [2.75, 3.05) is 13.2 Å². The third kappa shape index (κ3) is 3.38. The number of H-pyrrole nitrogens is 1. The number of ketones is 1. The summed E-state index contributed by atoms with van der Waals surface area (Å²) in [6, 6.07) is 9.66. The zero-order chi connectivity index (χ0) is 22.5. The number of carboxylic acids is 1. The van der Waals surface area contributed by atoms with Gasteiger partial charge in [-0.15, -0.1) is 0 Å². The van der Waals surface area contributed by atoms with Gasteiger partial charge in [0.1, 0.15) is 24.6 Å². The Balaban J connectivity index is 1.75. The summed E-state index contributed by atoms with van der Waals surface area (Å²) in [5.41, 5.74) is 2.57. The molecule has 0 aliphatic heterocycles. The van der Waals surface area contributed by atoms with Crippen LogP contribution in [-0.2, 0) is 5.41 Å². The molecule has 5 N–H and O–H groups in total. The van der Waals surface area contributed by atoms with Crippen LogP contribution in [0.25, 0.3) is 10.9 Å². The summed E-state index contributed by atoms with van der Waals surface area (Å²) >= 11 is 0. The van der Waals surface area contributed by atoms with Crippen LogP contribution in [0.1, 0.15) is 51.4 Å².